The van der Waals surface area contributed by atoms with E-state index in [9.17, 15) is 8.42 Å². The van der Waals surface area contributed by atoms with Gasteiger partial charge in [0.15, 0.2) is 15.8 Å². The number of likely N-dealkylation sites (tertiary alicyclic amines) is 1. The standard InChI is InChI=1S/C18H32N4O2S/c1-3-15(2)20-18(19-12-16-7-11-25(23,24)14-16)22-10-6-17(13-22)21-8-4-5-9-21/h4-5,15-17H,3,6-14H2,1-2H3,(H,19,20). The molecule has 0 bridgehead atoms. The normalized spacial score (nSPS) is 31.0. The maximum Gasteiger partial charge on any atom is 0.194 e. The zero-order chi connectivity index (χ0) is 17.9. The highest BCUT2D eigenvalue weighted by atomic mass is 32.2. The molecule has 2 fully saturated rings. The van der Waals surface area contributed by atoms with E-state index in [0.29, 0.717) is 30.1 Å². The Hall–Kier alpha value is -1.08. The lowest BCUT2D eigenvalue weighted by atomic mass is 10.1. The lowest BCUT2D eigenvalue weighted by molar-refractivity contribution is 0.259. The molecule has 2 saturated heterocycles. The lowest BCUT2D eigenvalue weighted by Crippen LogP contribution is -2.46. The van der Waals surface area contributed by atoms with Crippen LogP contribution >= 0.6 is 0 Å². The second kappa shape index (κ2) is 8.08. The Morgan fingerprint density at radius 3 is 2.72 bits per heavy atom. The van der Waals surface area contributed by atoms with Crippen molar-refractivity contribution in [1.29, 1.82) is 0 Å². The van der Waals surface area contributed by atoms with Crippen LogP contribution in [0, 0.1) is 5.92 Å². The number of hydrogen-bond donors (Lipinski definition) is 1. The van der Waals surface area contributed by atoms with Gasteiger partial charge in [0.25, 0.3) is 0 Å². The predicted molar refractivity (Wildman–Crippen MR) is 103 cm³/mol. The molecule has 3 unspecified atom stereocenters. The molecule has 3 heterocycles. The van der Waals surface area contributed by atoms with E-state index in [0.717, 1.165) is 45.0 Å². The smallest absolute Gasteiger partial charge is 0.194 e. The summed E-state index contributed by atoms with van der Waals surface area (Å²) in [6, 6.07) is 0.962. The minimum Gasteiger partial charge on any atom is -0.354 e. The largest absolute Gasteiger partial charge is 0.354 e. The highest BCUT2D eigenvalue weighted by Crippen LogP contribution is 2.20. The first kappa shape index (κ1) is 18.7. The number of hydrogen-bond acceptors (Lipinski definition) is 4. The van der Waals surface area contributed by atoms with E-state index in [1.54, 1.807) is 0 Å². The zero-order valence-electron chi connectivity index (χ0n) is 15.5. The van der Waals surface area contributed by atoms with Crippen molar-refractivity contribution in [2.45, 2.75) is 45.2 Å². The third kappa shape index (κ3) is 4.97. The fourth-order valence-electron chi connectivity index (χ4n) is 3.82. The lowest BCUT2D eigenvalue weighted by Gasteiger charge is -2.27. The van der Waals surface area contributed by atoms with Crippen molar-refractivity contribution in [3.63, 3.8) is 0 Å². The monoisotopic (exact) mass is 368 g/mol. The molecule has 1 N–H and O–H groups in total. The van der Waals surface area contributed by atoms with E-state index in [1.165, 1.54) is 6.42 Å². The first-order chi connectivity index (χ1) is 12.0. The number of nitrogens with one attached hydrogen (secondary N) is 1. The van der Waals surface area contributed by atoms with Crippen molar-refractivity contribution in [2.75, 3.05) is 44.2 Å². The molecular weight excluding hydrogens is 336 g/mol. The van der Waals surface area contributed by atoms with Crippen LogP contribution in [0.3, 0.4) is 0 Å². The molecule has 142 valence electrons. The van der Waals surface area contributed by atoms with Crippen LogP contribution in [0.1, 0.15) is 33.1 Å². The third-order valence-corrected chi connectivity index (χ3v) is 7.48. The molecule has 0 aliphatic carbocycles. The van der Waals surface area contributed by atoms with Crippen molar-refractivity contribution < 1.29 is 8.42 Å². The molecule has 3 aliphatic heterocycles. The molecule has 3 aliphatic rings. The van der Waals surface area contributed by atoms with E-state index in [2.05, 4.69) is 41.1 Å². The fourth-order valence-corrected chi connectivity index (χ4v) is 5.67. The molecule has 7 heteroatoms. The summed E-state index contributed by atoms with van der Waals surface area (Å²) in [5.74, 6) is 1.78. The Morgan fingerprint density at radius 2 is 2.08 bits per heavy atom. The first-order valence-corrected chi connectivity index (χ1v) is 11.4. The van der Waals surface area contributed by atoms with Crippen LogP contribution in [-0.2, 0) is 9.84 Å². The summed E-state index contributed by atoms with van der Waals surface area (Å²) in [7, 11) is -2.83. The number of nitrogens with zero attached hydrogens (tertiary/aromatic N) is 3. The number of aliphatic imine (C=N–C) groups is 1. The van der Waals surface area contributed by atoms with Gasteiger partial charge in [-0.25, -0.2) is 8.42 Å². The Bertz CT molecular complexity index is 609. The number of guanidine groups is 1. The van der Waals surface area contributed by atoms with Gasteiger partial charge in [-0.15, -0.1) is 0 Å². The summed E-state index contributed by atoms with van der Waals surface area (Å²) in [6.07, 6.45) is 7.46. The van der Waals surface area contributed by atoms with Crippen LogP contribution in [0.4, 0.5) is 0 Å². The summed E-state index contributed by atoms with van der Waals surface area (Å²) in [5, 5.41) is 3.56. The van der Waals surface area contributed by atoms with Gasteiger partial charge in [0.05, 0.1) is 11.5 Å². The van der Waals surface area contributed by atoms with Crippen LogP contribution in [0.15, 0.2) is 17.1 Å². The van der Waals surface area contributed by atoms with Crippen molar-refractivity contribution in [3.8, 4) is 0 Å². The molecule has 25 heavy (non-hydrogen) atoms. The summed E-state index contributed by atoms with van der Waals surface area (Å²) in [5.41, 5.74) is 0. The minimum atomic E-state index is -2.83. The molecule has 0 spiro atoms. The van der Waals surface area contributed by atoms with Gasteiger partial charge in [0.2, 0.25) is 0 Å². The maximum absolute atomic E-state index is 11.7. The summed E-state index contributed by atoms with van der Waals surface area (Å²) in [6.45, 7) is 9.10. The van der Waals surface area contributed by atoms with Gasteiger partial charge in [-0.3, -0.25) is 9.89 Å². The van der Waals surface area contributed by atoms with Crippen LogP contribution in [0.5, 0.6) is 0 Å². The van der Waals surface area contributed by atoms with Gasteiger partial charge < -0.3 is 10.2 Å². The fraction of sp³-hybridized carbons (Fsp3) is 0.833. The van der Waals surface area contributed by atoms with Crippen molar-refractivity contribution in [1.82, 2.24) is 15.1 Å². The van der Waals surface area contributed by atoms with Gasteiger partial charge in [0, 0.05) is 44.8 Å². The van der Waals surface area contributed by atoms with E-state index in [1.807, 2.05) is 0 Å². The molecular formula is C18H32N4O2S. The van der Waals surface area contributed by atoms with Crippen LogP contribution in [-0.4, -0.2) is 80.5 Å². The summed E-state index contributed by atoms with van der Waals surface area (Å²) >= 11 is 0. The van der Waals surface area contributed by atoms with Gasteiger partial charge in [0.1, 0.15) is 0 Å². The average Bonchev–Trinajstić information content (AvgIpc) is 3.31. The predicted octanol–water partition coefficient (Wildman–Crippen LogP) is 1.11. The minimum absolute atomic E-state index is 0.180. The van der Waals surface area contributed by atoms with Gasteiger partial charge >= 0.3 is 0 Å². The molecule has 0 aromatic rings. The van der Waals surface area contributed by atoms with Gasteiger partial charge in [-0.1, -0.05) is 19.1 Å². The SMILES string of the molecule is CCC(C)NC(=NCC1CCS(=O)(=O)C1)N1CCC(N2CC=CC2)C1. The molecule has 0 aromatic heterocycles. The molecule has 3 rings (SSSR count). The molecule has 3 atom stereocenters. The van der Waals surface area contributed by atoms with Gasteiger partial charge in [-0.2, -0.15) is 0 Å². The Labute approximate surface area is 152 Å². The topological polar surface area (TPSA) is 65.0 Å². The van der Waals surface area contributed by atoms with Crippen LogP contribution < -0.4 is 5.32 Å². The van der Waals surface area contributed by atoms with Crippen molar-refractivity contribution in [3.05, 3.63) is 12.2 Å². The highest BCUT2D eigenvalue weighted by Gasteiger charge is 2.31. The van der Waals surface area contributed by atoms with E-state index >= 15 is 0 Å². The highest BCUT2D eigenvalue weighted by molar-refractivity contribution is 7.91. The maximum atomic E-state index is 11.7. The third-order valence-electron chi connectivity index (χ3n) is 5.64. The second-order valence-electron chi connectivity index (χ2n) is 7.70. The van der Waals surface area contributed by atoms with Crippen LogP contribution in [0.2, 0.25) is 0 Å². The quantitative estimate of drug-likeness (QED) is 0.447. The van der Waals surface area contributed by atoms with Crippen LogP contribution in [0.25, 0.3) is 0 Å². The summed E-state index contributed by atoms with van der Waals surface area (Å²) in [4.78, 5) is 9.71. The number of rotatable bonds is 5. The summed E-state index contributed by atoms with van der Waals surface area (Å²) < 4.78 is 23.3. The second-order valence-corrected chi connectivity index (χ2v) is 9.93. The van der Waals surface area contributed by atoms with E-state index in [-0.39, 0.29) is 5.92 Å². The van der Waals surface area contributed by atoms with E-state index in [4.69, 9.17) is 4.99 Å². The molecule has 0 amide bonds. The first-order valence-electron chi connectivity index (χ1n) is 9.62. The molecule has 6 nitrogen and oxygen atoms in total. The Balaban J connectivity index is 1.61. The molecule has 0 radical (unpaired) electrons. The zero-order valence-corrected chi connectivity index (χ0v) is 16.3. The molecule has 0 aromatic carbocycles. The Morgan fingerprint density at radius 1 is 1.32 bits per heavy atom. The average molecular weight is 369 g/mol. The number of sulfone groups is 1. The van der Waals surface area contributed by atoms with E-state index < -0.39 is 9.84 Å². The van der Waals surface area contributed by atoms with Gasteiger partial charge in [-0.05, 0) is 32.1 Å². The van der Waals surface area contributed by atoms with Crippen molar-refractivity contribution in [2.24, 2.45) is 10.9 Å². The Kier molecular flexibility index (Phi) is 6.04. The molecule has 0 saturated carbocycles. The van der Waals surface area contributed by atoms with Crippen molar-refractivity contribution >= 4 is 15.8 Å².